The van der Waals surface area contributed by atoms with Crippen LogP contribution in [-0.4, -0.2) is 12.4 Å². The maximum absolute atomic E-state index is 12.5. The fraction of sp³-hybridized carbons (Fsp3) is 0.188. The third-order valence-electron chi connectivity index (χ3n) is 3.26. The van der Waals surface area contributed by atoms with Gasteiger partial charge in [-0.3, -0.25) is 4.79 Å². The van der Waals surface area contributed by atoms with Crippen molar-refractivity contribution in [2.45, 2.75) is 12.6 Å². The lowest BCUT2D eigenvalue weighted by Crippen LogP contribution is -2.14. The summed E-state index contributed by atoms with van der Waals surface area (Å²) in [5.41, 5.74) is -0.245. The van der Waals surface area contributed by atoms with Crippen LogP contribution in [0.15, 0.2) is 42.5 Å². The zero-order valence-corrected chi connectivity index (χ0v) is 11.3. The van der Waals surface area contributed by atoms with Crippen molar-refractivity contribution in [2.75, 3.05) is 6.61 Å². The number of fused-ring (bicyclic) bond motifs is 1. The van der Waals surface area contributed by atoms with Crippen LogP contribution in [0, 0.1) is 0 Å². The molecule has 0 saturated heterocycles. The summed E-state index contributed by atoms with van der Waals surface area (Å²) in [5.74, 6) is 1.10. The molecule has 114 valence electrons. The Morgan fingerprint density at radius 3 is 2.36 bits per heavy atom. The third kappa shape index (κ3) is 2.90. The van der Waals surface area contributed by atoms with Crippen LogP contribution in [-0.2, 0) is 6.18 Å². The van der Waals surface area contributed by atoms with Crippen molar-refractivity contribution >= 4 is 5.78 Å². The fourth-order valence-electron chi connectivity index (χ4n) is 2.15. The van der Waals surface area contributed by atoms with E-state index in [1.165, 1.54) is 12.1 Å². The van der Waals surface area contributed by atoms with Gasteiger partial charge in [-0.15, -0.1) is 0 Å². The first-order chi connectivity index (χ1) is 10.4. The number of hydrogen-bond donors (Lipinski definition) is 0. The Morgan fingerprint density at radius 1 is 1.00 bits per heavy atom. The summed E-state index contributed by atoms with van der Waals surface area (Å²) in [7, 11) is 0. The van der Waals surface area contributed by atoms with Gasteiger partial charge in [0.15, 0.2) is 5.78 Å². The average molecular weight is 308 g/mol. The molecule has 0 N–H and O–H groups in total. The fourth-order valence-corrected chi connectivity index (χ4v) is 2.15. The van der Waals surface area contributed by atoms with Gasteiger partial charge < -0.3 is 9.47 Å². The van der Waals surface area contributed by atoms with Gasteiger partial charge in [-0.25, -0.2) is 0 Å². The second-order valence-electron chi connectivity index (χ2n) is 4.80. The third-order valence-corrected chi connectivity index (χ3v) is 3.26. The summed E-state index contributed by atoms with van der Waals surface area (Å²) in [4.78, 5) is 11.7. The number of carbonyl (C=O) groups is 1. The Kier molecular flexibility index (Phi) is 3.52. The molecule has 0 radical (unpaired) electrons. The first kappa shape index (κ1) is 14.4. The SMILES string of the molecule is O=C1CCOc2cc(Oc3ccc(C(F)(F)F)cc3)ccc21. The number of carbonyl (C=O) groups excluding carboxylic acids is 1. The first-order valence-corrected chi connectivity index (χ1v) is 6.59. The van der Waals surface area contributed by atoms with Crippen LogP contribution in [0.3, 0.4) is 0 Å². The monoisotopic (exact) mass is 308 g/mol. The number of ether oxygens (including phenoxy) is 2. The Bertz CT molecular complexity index is 706. The molecular weight excluding hydrogens is 297 g/mol. The van der Waals surface area contributed by atoms with Crippen molar-refractivity contribution in [1.29, 1.82) is 0 Å². The predicted molar refractivity (Wildman–Crippen MR) is 72.4 cm³/mol. The van der Waals surface area contributed by atoms with E-state index in [1.807, 2.05) is 0 Å². The zero-order valence-electron chi connectivity index (χ0n) is 11.3. The lowest BCUT2D eigenvalue weighted by molar-refractivity contribution is -0.137. The highest BCUT2D eigenvalue weighted by molar-refractivity contribution is 5.99. The quantitative estimate of drug-likeness (QED) is 0.821. The summed E-state index contributed by atoms with van der Waals surface area (Å²) in [6.45, 7) is 0.315. The molecule has 0 amide bonds. The second-order valence-corrected chi connectivity index (χ2v) is 4.80. The number of halogens is 3. The van der Waals surface area contributed by atoms with Crippen molar-refractivity contribution in [3.63, 3.8) is 0 Å². The molecule has 2 aromatic rings. The van der Waals surface area contributed by atoms with E-state index < -0.39 is 11.7 Å². The van der Waals surface area contributed by atoms with Crippen LogP contribution < -0.4 is 9.47 Å². The van der Waals surface area contributed by atoms with E-state index in [2.05, 4.69) is 0 Å². The molecule has 0 fully saturated rings. The van der Waals surface area contributed by atoms with Crippen LogP contribution in [0.1, 0.15) is 22.3 Å². The molecule has 0 unspecified atom stereocenters. The van der Waals surface area contributed by atoms with Crippen molar-refractivity contribution in [3.8, 4) is 17.2 Å². The summed E-state index contributed by atoms with van der Waals surface area (Å²) in [5, 5.41) is 0. The van der Waals surface area contributed by atoms with E-state index in [1.54, 1.807) is 18.2 Å². The molecule has 0 atom stereocenters. The minimum Gasteiger partial charge on any atom is -0.492 e. The van der Waals surface area contributed by atoms with E-state index in [0.717, 1.165) is 12.1 Å². The zero-order chi connectivity index (χ0) is 15.7. The molecule has 3 nitrogen and oxygen atoms in total. The number of rotatable bonds is 2. The smallest absolute Gasteiger partial charge is 0.416 e. The normalized spacial score (nSPS) is 14.2. The van der Waals surface area contributed by atoms with Gasteiger partial charge in [0, 0.05) is 12.5 Å². The first-order valence-electron chi connectivity index (χ1n) is 6.59. The lowest BCUT2D eigenvalue weighted by atomic mass is 10.1. The van der Waals surface area contributed by atoms with Crippen molar-refractivity contribution < 1.29 is 27.4 Å². The molecule has 0 spiro atoms. The van der Waals surface area contributed by atoms with Gasteiger partial charge in [0.25, 0.3) is 0 Å². The lowest BCUT2D eigenvalue weighted by Gasteiger charge is -2.17. The second kappa shape index (κ2) is 5.36. The van der Waals surface area contributed by atoms with Gasteiger partial charge in [-0.05, 0) is 36.4 Å². The van der Waals surface area contributed by atoms with Gasteiger partial charge in [0.05, 0.1) is 17.7 Å². The van der Waals surface area contributed by atoms with Crippen LogP contribution >= 0.6 is 0 Å². The largest absolute Gasteiger partial charge is 0.492 e. The summed E-state index contributed by atoms with van der Waals surface area (Å²) in [6.07, 6.45) is -4.04. The van der Waals surface area contributed by atoms with E-state index in [9.17, 15) is 18.0 Å². The van der Waals surface area contributed by atoms with Crippen LogP contribution in [0.2, 0.25) is 0 Å². The molecule has 0 saturated carbocycles. The molecule has 0 bridgehead atoms. The molecule has 0 aliphatic carbocycles. The Labute approximate surface area is 124 Å². The highest BCUT2D eigenvalue weighted by Gasteiger charge is 2.30. The number of hydrogen-bond acceptors (Lipinski definition) is 3. The van der Waals surface area contributed by atoms with Crippen LogP contribution in [0.5, 0.6) is 17.2 Å². The Morgan fingerprint density at radius 2 is 1.68 bits per heavy atom. The van der Waals surface area contributed by atoms with Crippen molar-refractivity contribution in [3.05, 3.63) is 53.6 Å². The molecular formula is C16H11F3O3. The molecule has 0 aromatic heterocycles. The summed E-state index contributed by atoms with van der Waals surface area (Å²) in [6, 6.07) is 9.13. The van der Waals surface area contributed by atoms with E-state index >= 15 is 0 Å². The summed E-state index contributed by atoms with van der Waals surface area (Å²) >= 11 is 0. The van der Waals surface area contributed by atoms with Gasteiger partial charge in [0.2, 0.25) is 0 Å². The Balaban J connectivity index is 1.80. The standard InChI is InChI=1S/C16H11F3O3/c17-16(18,19)10-1-3-11(4-2-10)22-12-5-6-13-14(20)7-8-21-15(13)9-12/h1-6,9H,7-8H2. The number of Topliss-reactive ketones (excluding diaryl/α,β-unsaturated/α-hetero) is 1. The van der Waals surface area contributed by atoms with Crippen LogP contribution in [0.4, 0.5) is 13.2 Å². The van der Waals surface area contributed by atoms with E-state index in [0.29, 0.717) is 30.1 Å². The molecule has 3 rings (SSSR count). The molecule has 1 heterocycles. The van der Waals surface area contributed by atoms with E-state index in [-0.39, 0.29) is 11.5 Å². The molecule has 22 heavy (non-hydrogen) atoms. The number of alkyl halides is 3. The molecule has 2 aromatic carbocycles. The Hall–Kier alpha value is -2.50. The topological polar surface area (TPSA) is 35.5 Å². The maximum atomic E-state index is 12.5. The molecule has 1 aliphatic heterocycles. The minimum absolute atomic E-state index is 0.00216. The summed E-state index contributed by atoms with van der Waals surface area (Å²) < 4.78 is 48.3. The van der Waals surface area contributed by atoms with Crippen LogP contribution in [0.25, 0.3) is 0 Å². The molecule has 1 aliphatic rings. The number of ketones is 1. The maximum Gasteiger partial charge on any atom is 0.416 e. The van der Waals surface area contributed by atoms with E-state index in [4.69, 9.17) is 9.47 Å². The van der Waals surface area contributed by atoms with Gasteiger partial charge >= 0.3 is 6.18 Å². The predicted octanol–water partition coefficient (Wildman–Crippen LogP) is 4.46. The highest BCUT2D eigenvalue weighted by atomic mass is 19.4. The molecule has 6 heteroatoms. The van der Waals surface area contributed by atoms with Gasteiger partial charge in [0.1, 0.15) is 17.2 Å². The number of benzene rings is 2. The average Bonchev–Trinajstić information content (AvgIpc) is 2.47. The van der Waals surface area contributed by atoms with Crippen molar-refractivity contribution in [2.24, 2.45) is 0 Å². The van der Waals surface area contributed by atoms with Gasteiger partial charge in [-0.2, -0.15) is 13.2 Å². The minimum atomic E-state index is -4.38. The van der Waals surface area contributed by atoms with Gasteiger partial charge in [-0.1, -0.05) is 0 Å². The highest BCUT2D eigenvalue weighted by Crippen LogP contribution is 2.33. The van der Waals surface area contributed by atoms with Crippen molar-refractivity contribution in [1.82, 2.24) is 0 Å².